The highest BCUT2D eigenvalue weighted by Crippen LogP contribution is 2.34. The van der Waals surface area contributed by atoms with Gasteiger partial charge in [-0.15, -0.1) is 0 Å². The van der Waals surface area contributed by atoms with Crippen LogP contribution >= 0.6 is 0 Å². The topological polar surface area (TPSA) is 132 Å². The highest BCUT2D eigenvalue weighted by Gasteiger charge is 2.20. The van der Waals surface area contributed by atoms with Gasteiger partial charge < -0.3 is 19.7 Å². The number of esters is 2. The van der Waals surface area contributed by atoms with E-state index >= 15 is 0 Å². The van der Waals surface area contributed by atoms with Gasteiger partial charge in [-0.2, -0.15) is 0 Å². The molecular formula is C25H19N3O6. The Kier molecular flexibility index (Phi) is 6.18. The van der Waals surface area contributed by atoms with E-state index in [9.17, 15) is 19.8 Å². The second kappa shape index (κ2) is 9.37. The van der Waals surface area contributed by atoms with Gasteiger partial charge in [0.15, 0.2) is 17.5 Å². The molecule has 0 saturated heterocycles. The van der Waals surface area contributed by atoms with Crippen LogP contribution in [-0.4, -0.2) is 51.3 Å². The molecule has 1 aromatic heterocycles. The van der Waals surface area contributed by atoms with Gasteiger partial charge in [0.2, 0.25) is 0 Å². The Morgan fingerprint density at radius 3 is 1.91 bits per heavy atom. The Balaban J connectivity index is 1.91. The average molecular weight is 457 g/mol. The molecule has 9 nitrogen and oxygen atoms in total. The number of hydrogen-bond acceptors (Lipinski definition) is 9. The normalized spacial score (nSPS) is 10.5. The van der Waals surface area contributed by atoms with Crippen molar-refractivity contribution in [2.45, 2.75) is 0 Å². The molecule has 0 amide bonds. The van der Waals surface area contributed by atoms with E-state index < -0.39 is 11.9 Å². The van der Waals surface area contributed by atoms with Crippen LogP contribution < -0.4 is 0 Å². The molecule has 0 atom stereocenters. The molecule has 2 N–H and O–H groups in total. The summed E-state index contributed by atoms with van der Waals surface area (Å²) < 4.78 is 9.45. The summed E-state index contributed by atoms with van der Waals surface area (Å²) in [5.41, 5.74) is 1.38. The molecule has 0 saturated carbocycles. The molecular weight excluding hydrogens is 438 g/mol. The van der Waals surface area contributed by atoms with E-state index in [1.165, 1.54) is 26.4 Å². The summed E-state index contributed by atoms with van der Waals surface area (Å²) in [5.74, 6) is -1.14. The number of hydrogen-bond donors (Lipinski definition) is 2. The number of benzene rings is 3. The van der Waals surface area contributed by atoms with Gasteiger partial charge in [-0.05, 0) is 36.4 Å². The number of phenols is 2. The molecule has 4 aromatic rings. The molecule has 3 aromatic carbocycles. The molecule has 170 valence electrons. The van der Waals surface area contributed by atoms with Crippen molar-refractivity contribution in [2.75, 3.05) is 14.2 Å². The molecule has 4 rings (SSSR count). The molecule has 0 aliphatic rings. The Morgan fingerprint density at radius 1 is 0.676 bits per heavy atom. The van der Waals surface area contributed by atoms with Gasteiger partial charge in [0.1, 0.15) is 17.1 Å². The Bertz CT molecular complexity index is 1390. The van der Waals surface area contributed by atoms with Gasteiger partial charge in [-0.3, -0.25) is 0 Å². The fourth-order valence-corrected chi connectivity index (χ4v) is 3.28. The Hall–Kier alpha value is -4.79. The van der Waals surface area contributed by atoms with Gasteiger partial charge in [0.25, 0.3) is 0 Å². The minimum Gasteiger partial charge on any atom is -0.507 e. The average Bonchev–Trinajstić information content (AvgIpc) is 2.88. The van der Waals surface area contributed by atoms with E-state index in [2.05, 4.69) is 15.0 Å². The summed E-state index contributed by atoms with van der Waals surface area (Å²) in [4.78, 5) is 37.2. The smallest absolute Gasteiger partial charge is 0.341 e. The molecule has 0 unspecified atom stereocenters. The molecule has 34 heavy (non-hydrogen) atoms. The van der Waals surface area contributed by atoms with Crippen molar-refractivity contribution in [1.82, 2.24) is 15.0 Å². The van der Waals surface area contributed by atoms with Crippen molar-refractivity contribution < 1.29 is 29.3 Å². The van der Waals surface area contributed by atoms with Crippen LogP contribution in [0.4, 0.5) is 0 Å². The lowest BCUT2D eigenvalue weighted by Gasteiger charge is -2.11. The van der Waals surface area contributed by atoms with Crippen molar-refractivity contribution in [1.29, 1.82) is 0 Å². The summed E-state index contributed by atoms with van der Waals surface area (Å²) in [7, 11) is 2.51. The first-order valence-electron chi connectivity index (χ1n) is 10.1. The van der Waals surface area contributed by atoms with E-state index in [0.29, 0.717) is 16.7 Å². The van der Waals surface area contributed by atoms with Gasteiger partial charge in [0, 0.05) is 5.56 Å². The second-order valence-electron chi connectivity index (χ2n) is 7.09. The lowest BCUT2D eigenvalue weighted by molar-refractivity contribution is 0.0590. The molecule has 0 aliphatic heterocycles. The Morgan fingerprint density at radius 2 is 1.26 bits per heavy atom. The first kappa shape index (κ1) is 22.4. The molecule has 0 spiro atoms. The first-order chi connectivity index (χ1) is 16.4. The minimum absolute atomic E-state index is 0.0424. The lowest BCUT2D eigenvalue weighted by atomic mass is 10.1. The highest BCUT2D eigenvalue weighted by molar-refractivity contribution is 5.95. The number of methoxy groups -OCH3 is 2. The number of aromatic hydroxyl groups is 2. The number of carbonyl (C=O) groups excluding carboxylic acids is 2. The summed E-state index contributed by atoms with van der Waals surface area (Å²) >= 11 is 0. The van der Waals surface area contributed by atoms with Gasteiger partial charge in [-0.1, -0.05) is 30.3 Å². The van der Waals surface area contributed by atoms with Crippen molar-refractivity contribution in [3.05, 3.63) is 77.9 Å². The van der Waals surface area contributed by atoms with E-state index in [1.54, 1.807) is 54.6 Å². The predicted molar refractivity (Wildman–Crippen MR) is 122 cm³/mol. The monoisotopic (exact) mass is 457 g/mol. The summed E-state index contributed by atoms with van der Waals surface area (Å²) in [6, 6.07) is 17.5. The zero-order chi connectivity index (χ0) is 24.2. The number of ether oxygens (including phenoxy) is 2. The van der Waals surface area contributed by atoms with Crippen LogP contribution in [0, 0.1) is 0 Å². The van der Waals surface area contributed by atoms with Crippen LogP contribution in [-0.2, 0) is 9.47 Å². The van der Waals surface area contributed by atoms with Gasteiger partial charge >= 0.3 is 11.9 Å². The molecule has 0 fully saturated rings. The van der Waals surface area contributed by atoms with Crippen LogP contribution in [0.3, 0.4) is 0 Å². The van der Waals surface area contributed by atoms with Crippen molar-refractivity contribution in [2.24, 2.45) is 0 Å². The number of aromatic nitrogens is 3. The standard InChI is InChI=1S/C25H19N3O6/c1-33-24(31)15-12-10-14(11-13-15)21-26-22(16-6-3-4-9-19(16)29)28-23(27-21)17-7-5-8-18(20(17)30)25(32)34-2/h3-13,29-30H,1-2H3. The molecule has 0 bridgehead atoms. The number of nitrogens with zero attached hydrogens (tertiary/aromatic N) is 3. The number of para-hydroxylation sites is 2. The highest BCUT2D eigenvalue weighted by atomic mass is 16.5. The number of rotatable bonds is 5. The zero-order valence-electron chi connectivity index (χ0n) is 18.2. The van der Waals surface area contributed by atoms with E-state index in [-0.39, 0.29) is 40.1 Å². The second-order valence-corrected chi connectivity index (χ2v) is 7.09. The third-order valence-corrected chi connectivity index (χ3v) is 5.03. The molecule has 0 radical (unpaired) electrons. The zero-order valence-corrected chi connectivity index (χ0v) is 18.2. The van der Waals surface area contributed by atoms with Crippen LogP contribution in [0.15, 0.2) is 66.7 Å². The fraction of sp³-hybridized carbons (Fsp3) is 0.0800. The maximum absolute atomic E-state index is 12.0. The fourth-order valence-electron chi connectivity index (χ4n) is 3.28. The van der Waals surface area contributed by atoms with Crippen LogP contribution in [0.2, 0.25) is 0 Å². The predicted octanol–water partition coefficient (Wildman–Crippen LogP) is 3.86. The maximum atomic E-state index is 12.0. The maximum Gasteiger partial charge on any atom is 0.341 e. The number of phenolic OH excluding ortho intramolecular Hbond substituents is 2. The lowest BCUT2D eigenvalue weighted by Crippen LogP contribution is -2.04. The Labute approximate surface area is 194 Å². The van der Waals surface area contributed by atoms with E-state index in [4.69, 9.17) is 9.47 Å². The summed E-state index contributed by atoms with van der Waals surface area (Å²) in [6.07, 6.45) is 0. The number of carbonyl (C=O) groups is 2. The summed E-state index contributed by atoms with van der Waals surface area (Å²) in [6.45, 7) is 0. The van der Waals surface area contributed by atoms with Gasteiger partial charge in [0.05, 0.1) is 30.9 Å². The summed E-state index contributed by atoms with van der Waals surface area (Å²) in [5, 5.41) is 21.1. The largest absolute Gasteiger partial charge is 0.507 e. The minimum atomic E-state index is -0.715. The molecule has 0 aliphatic carbocycles. The van der Waals surface area contributed by atoms with Crippen molar-refractivity contribution >= 4 is 11.9 Å². The molecule has 9 heteroatoms. The van der Waals surface area contributed by atoms with Gasteiger partial charge in [-0.25, -0.2) is 24.5 Å². The third-order valence-electron chi connectivity index (χ3n) is 5.03. The molecule has 1 heterocycles. The van der Waals surface area contributed by atoms with Crippen molar-refractivity contribution in [3.63, 3.8) is 0 Å². The van der Waals surface area contributed by atoms with E-state index in [1.807, 2.05) is 0 Å². The van der Waals surface area contributed by atoms with Crippen LogP contribution in [0.5, 0.6) is 11.5 Å². The van der Waals surface area contributed by atoms with Crippen molar-refractivity contribution in [3.8, 4) is 45.7 Å². The first-order valence-corrected chi connectivity index (χ1v) is 10.1. The quantitative estimate of drug-likeness (QED) is 0.429. The van der Waals surface area contributed by atoms with E-state index in [0.717, 1.165) is 0 Å². The third kappa shape index (κ3) is 4.26. The SMILES string of the molecule is COC(=O)c1ccc(-c2nc(-c3ccccc3O)nc(-c3cccc(C(=O)OC)c3O)n2)cc1. The van der Waals surface area contributed by atoms with Crippen LogP contribution in [0.25, 0.3) is 34.2 Å². The van der Waals surface area contributed by atoms with Crippen LogP contribution in [0.1, 0.15) is 20.7 Å².